The molecule has 0 spiro atoms. The predicted octanol–water partition coefficient (Wildman–Crippen LogP) is 2.99. The molecule has 1 atom stereocenters. The van der Waals surface area contributed by atoms with Gasteiger partial charge in [-0.1, -0.05) is 18.2 Å². The average molecular weight is 371 g/mol. The zero-order valence-electron chi connectivity index (χ0n) is 14.3. The molecule has 2 aliphatic rings. The zero-order valence-corrected chi connectivity index (χ0v) is 15.1. The molecule has 136 valence electrons. The number of nitrogens with one attached hydrogen (secondary N) is 1. The van der Waals surface area contributed by atoms with Gasteiger partial charge in [0.2, 0.25) is 5.91 Å². The molecule has 7 heteroatoms. The van der Waals surface area contributed by atoms with E-state index in [2.05, 4.69) is 39.5 Å². The molecule has 1 amide bonds. The number of morpholine rings is 1. The minimum absolute atomic E-state index is 0.113. The Labute approximate surface area is 156 Å². The summed E-state index contributed by atoms with van der Waals surface area (Å²) < 4.78 is 7.55. The summed E-state index contributed by atoms with van der Waals surface area (Å²) in [7, 11) is 0. The molecular weight excluding hydrogens is 350 g/mol. The molecule has 2 aromatic carbocycles. The van der Waals surface area contributed by atoms with Gasteiger partial charge >= 0.3 is 0 Å². The summed E-state index contributed by atoms with van der Waals surface area (Å²) in [6.45, 7) is 3.33. The third-order valence-corrected chi connectivity index (χ3v) is 5.97. The van der Waals surface area contributed by atoms with Crippen molar-refractivity contribution in [2.75, 3.05) is 35.5 Å². The largest absolute Gasteiger partial charge is 0.378 e. The van der Waals surface area contributed by atoms with Crippen LogP contribution in [0.15, 0.2) is 53.4 Å². The van der Waals surface area contributed by atoms with Crippen LogP contribution in [0.1, 0.15) is 18.0 Å². The quantitative estimate of drug-likeness (QED) is 0.489. The third-order valence-electron chi connectivity index (χ3n) is 4.74. The third kappa shape index (κ3) is 3.38. The van der Waals surface area contributed by atoms with Crippen LogP contribution in [0.4, 0.5) is 11.4 Å². The second kappa shape index (κ2) is 7.57. The summed E-state index contributed by atoms with van der Waals surface area (Å²) in [5, 5.41) is 8.94. The molecule has 0 radical (unpaired) electrons. The maximum Gasteiger partial charge on any atom is 0.245 e. The van der Waals surface area contributed by atoms with Crippen LogP contribution >= 0.6 is 11.9 Å². The highest BCUT2D eigenvalue weighted by molar-refractivity contribution is 8.01. The first-order valence-corrected chi connectivity index (χ1v) is 9.45. The van der Waals surface area contributed by atoms with Crippen molar-refractivity contribution in [2.24, 2.45) is 0 Å². The molecular formula is C19H21N3O3S. The highest BCUT2D eigenvalue weighted by Gasteiger charge is 2.33. The van der Waals surface area contributed by atoms with Crippen LogP contribution in [0.2, 0.25) is 0 Å². The Morgan fingerprint density at radius 2 is 1.81 bits per heavy atom. The average Bonchev–Trinajstić information content (AvgIpc) is 3.07. The summed E-state index contributed by atoms with van der Waals surface area (Å²) in [5.41, 5.74) is 5.09. The van der Waals surface area contributed by atoms with Gasteiger partial charge < -0.3 is 13.9 Å². The Morgan fingerprint density at radius 3 is 2.54 bits per heavy atom. The van der Waals surface area contributed by atoms with Gasteiger partial charge in [0.25, 0.3) is 0 Å². The molecule has 2 aliphatic heterocycles. The number of fused-ring (bicyclic) bond motifs is 1. The van der Waals surface area contributed by atoms with Gasteiger partial charge in [0.1, 0.15) is 0 Å². The van der Waals surface area contributed by atoms with Crippen molar-refractivity contribution in [3.8, 4) is 0 Å². The number of rotatable bonds is 4. The summed E-state index contributed by atoms with van der Waals surface area (Å²) in [6, 6.07) is 16.4. The maximum absolute atomic E-state index is 11.8. The lowest BCUT2D eigenvalue weighted by Crippen LogP contribution is -2.36. The predicted molar refractivity (Wildman–Crippen MR) is 102 cm³/mol. The van der Waals surface area contributed by atoms with Crippen LogP contribution in [0.3, 0.4) is 0 Å². The number of hydroxylamine groups is 1. The minimum Gasteiger partial charge on any atom is -0.378 e. The van der Waals surface area contributed by atoms with E-state index in [1.807, 2.05) is 18.2 Å². The van der Waals surface area contributed by atoms with Gasteiger partial charge in [-0.25, -0.2) is 5.48 Å². The van der Waals surface area contributed by atoms with Crippen LogP contribution in [0.25, 0.3) is 0 Å². The maximum atomic E-state index is 11.8. The Kier molecular flexibility index (Phi) is 5.01. The molecule has 2 aromatic rings. The Bertz CT molecular complexity index is 778. The van der Waals surface area contributed by atoms with Gasteiger partial charge in [-0.3, -0.25) is 10.0 Å². The van der Waals surface area contributed by atoms with Gasteiger partial charge in [0.05, 0.1) is 25.7 Å². The number of carbonyl (C=O) groups is 1. The van der Waals surface area contributed by atoms with Gasteiger partial charge in [-0.15, -0.1) is 0 Å². The normalized spacial score (nSPS) is 19.3. The molecule has 6 nitrogen and oxygen atoms in total. The SMILES string of the molecule is O=C(CC1c2ccccc2SN1c1ccc(N2CCOCC2)cc1)NO. The Morgan fingerprint density at radius 1 is 1.12 bits per heavy atom. The number of benzene rings is 2. The molecule has 1 saturated heterocycles. The van der Waals surface area contributed by atoms with Gasteiger partial charge in [-0.2, -0.15) is 0 Å². The molecule has 1 fully saturated rings. The number of nitrogens with zero attached hydrogens (tertiary/aromatic N) is 2. The van der Waals surface area contributed by atoms with Gasteiger partial charge in [0.15, 0.2) is 0 Å². The summed E-state index contributed by atoms with van der Waals surface area (Å²) in [5.74, 6) is -0.387. The molecule has 2 N–H and O–H groups in total. The topological polar surface area (TPSA) is 65.0 Å². The molecule has 4 rings (SSSR count). The van der Waals surface area contributed by atoms with Crippen molar-refractivity contribution in [1.82, 2.24) is 5.48 Å². The summed E-state index contributed by atoms with van der Waals surface area (Å²) in [6.07, 6.45) is 0.200. The van der Waals surface area contributed by atoms with E-state index in [-0.39, 0.29) is 18.4 Å². The second-order valence-corrected chi connectivity index (χ2v) is 7.34. The summed E-state index contributed by atoms with van der Waals surface area (Å²) in [4.78, 5) is 15.3. The van der Waals surface area contributed by atoms with Crippen molar-refractivity contribution in [2.45, 2.75) is 17.4 Å². The van der Waals surface area contributed by atoms with Crippen LogP contribution < -0.4 is 14.7 Å². The Hall–Kier alpha value is -2.22. The van der Waals surface area contributed by atoms with Crippen LogP contribution in [0.5, 0.6) is 0 Å². The fraction of sp³-hybridized carbons (Fsp3) is 0.316. The number of anilines is 2. The standard InChI is InChI=1S/C19H21N3O3S/c23-19(20-24)13-17-16-3-1-2-4-18(16)26-22(17)15-7-5-14(6-8-15)21-9-11-25-12-10-21/h1-8,17,24H,9-13H2,(H,20,23). The van der Waals surface area contributed by atoms with Crippen LogP contribution in [-0.4, -0.2) is 37.4 Å². The first kappa shape index (κ1) is 17.2. The molecule has 0 saturated carbocycles. The van der Waals surface area contributed by atoms with E-state index in [0.29, 0.717) is 0 Å². The lowest BCUT2D eigenvalue weighted by Gasteiger charge is -2.30. The van der Waals surface area contributed by atoms with Crippen molar-refractivity contribution >= 4 is 29.2 Å². The van der Waals surface area contributed by atoms with Crippen molar-refractivity contribution in [3.05, 3.63) is 54.1 Å². The number of amides is 1. The monoisotopic (exact) mass is 371 g/mol. The summed E-state index contributed by atoms with van der Waals surface area (Å²) >= 11 is 1.63. The smallest absolute Gasteiger partial charge is 0.245 e. The highest BCUT2D eigenvalue weighted by Crippen LogP contribution is 2.48. The van der Waals surface area contributed by atoms with E-state index >= 15 is 0 Å². The van der Waals surface area contributed by atoms with E-state index in [4.69, 9.17) is 9.94 Å². The van der Waals surface area contributed by atoms with E-state index in [9.17, 15) is 4.79 Å². The van der Waals surface area contributed by atoms with E-state index < -0.39 is 0 Å². The molecule has 0 aliphatic carbocycles. The molecule has 0 bridgehead atoms. The van der Waals surface area contributed by atoms with Crippen molar-refractivity contribution in [1.29, 1.82) is 0 Å². The minimum atomic E-state index is -0.387. The lowest BCUT2D eigenvalue weighted by molar-refractivity contribution is -0.129. The first-order valence-electron chi connectivity index (χ1n) is 8.68. The molecule has 26 heavy (non-hydrogen) atoms. The molecule has 2 heterocycles. The second-order valence-electron chi connectivity index (χ2n) is 6.33. The fourth-order valence-electron chi connectivity index (χ4n) is 3.41. The van der Waals surface area contributed by atoms with Crippen molar-refractivity contribution in [3.63, 3.8) is 0 Å². The number of ether oxygens (including phenoxy) is 1. The fourth-order valence-corrected chi connectivity index (χ4v) is 4.62. The highest BCUT2D eigenvalue weighted by atomic mass is 32.2. The van der Waals surface area contributed by atoms with Gasteiger partial charge in [0, 0.05) is 29.4 Å². The van der Waals surface area contributed by atoms with Crippen molar-refractivity contribution < 1.29 is 14.7 Å². The molecule has 0 aromatic heterocycles. The van der Waals surface area contributed by atoms with E-state index in [1.54, 1.807) is 17.4 Å². The van der Waals surface area contributed by atoms with Crippen LogP contribution in [0, 0.1) is 0 Å². The van der Waals surface area contributed by atoms with Crippen LogP contribution in [-0.2, 0) is 9.53 Å². The van der Waals surface area contributed by atoms with Gasteiger partial charge in [-0.05, 0) is 47.8 Å². The number of hydrogen-bond acceptors (Lipinski definition) is 6. The van der Waals surface area contributed by atoms with E-state index in [1.165, 1.54) is 5.69 Å². The Balaban J connectivity index is 1.58. The lowest BCUT2D eigenvalue weighted by atomic mass is 10.0. The zero-order chi connectivity index (χ0) is 17.9. The number of carbonyl (C=O) groups excluding carboxylic acids is 1. The number of hydrogen-bond donors (Lipinski definition) is 2. The first-order chi connectivity index (χ1) is 12.8. The molecule has 1 unspecified atom stereocenters. The van der Waals surface area contributed by atoms with E-state index in [0.717, 1.165) is 42.4 Å².